The Kier molecular flexibility index (Phi) is 7.01. The number of hydrogen-bond acceptors (Lipinski definition) is 5. The molecular weight excluding hydrogens is 286 g/mol. The molecule has 1 aromatic carbocycles. The number of benzene rings is 1. The maximum Gasteiger partial charge on any atom is 0.310 e. The predicted molar refractivity (Wildman–Crippen MR) is 85.7 cm³/mol. The molecule has 0 spiro atoms. The molecule has 22 heavy (non-hydrogen) atoms. The van der Waals surface area contributed by atoms with Crippen LogP contribution in [0.25, 0.3) is 0 Å². The number of ether oxygens (including phenoxy) is 3. The van der Waals surface area contributed by atoms with E-state index < -0.39 is 0 Å². The first-order valence-electron chi connectivity index (χ1n) is 6.83. The molecule has 7 heteroatoms. The van der Waals surface area contributed by atoms with Crippen molar-refractivity contribution in [2.24, 2.45) is 10.9 Å². The smallest absolute Gasteiger partial charge is 0.310 e. The van der Waals surface area contributed by atoms with Crippen LogP contribution in [0.1, 0.15) is 6.92 Å². The van der Waals surface area contributed by atoms with Crippen LogP contribution in [-0.4, -0.2) is 46.9 Å². The van der Waals surface area contributed by atoms with E-state index in [4.69, 9.17) is 9.47 Å². The molecule has 0 aliphatic heterocycles. The number of anilines is 1. The van der Waals surface area contributed by atoms with Crippen molar-refractivity contribution in [3.05, 3.63) is 18.2 Å². The number of aliphatic imine (C=N–C) groups is 1. The molecule has 0 fully saturated rings. The first kappa shape index (κ1) is 17.6. The van der Waals surface area contributed by atoms with Gasteiger partial charge in [-0.15, -0.1) is 0 Å². The largest absolute Gasteiger partial charge is 0.493 e. The van der Waals surface area contributed by atoms with Gasteiger partial charge in [0.25, 0.3) is 0 Å². The fourth-order valence-corrected chi connectivity index (χ4v) is 1.76. The fraction of sp³-hybridized carbons (Fsp3) is 0.467. The van der Waals surface area contributed by atoms with Gasteiger partial charge >= 0.3 is 5.97 Å². The molecule has 0 heterocycles. The maximum absolute atomic E-state index is 11.4. The highest BCUT2D eigenvalue weighted by atomic mass is 16.5. The van der Waals surface area contributed by atoms with Gasteiger partial charge < -0.3 is 24.8 Å². The normalized spacial score (nSPS) is 12.3. The number of esters is 1. The average Bonchev–Trinajstić information content (AvgIpc) is 2.56. The van der Waals surface area contributed by atoms with Crippen molar-refractivity contribution in [1.29, 1.82) is 0 Å². The lowest BCUT2D eigenvalue weighted by atomic mass is 10.2. The van der Waals surface area contributed by atoms with E-state index in [1.165, 1.54) is 7.11 Å². The first-order valence-corrected chi connectivity index (χ1v) is 6.83. The monoisotopic (exact) mass is 309 g/mol. The van der Waals surface area contributed by atoms with Crippen LogP contribution in [0, 0.1) is 5.92 Å². The van der Waals surface area contributed by atoms with E-state index >= 15 is 0 Å². The van der Waals surface area contributed by atoms with Gasteiger partial charge in [-0.1, -0.05) is 6.92 Å². The van der Waals surface area contributed by atoms with Gasteiger partial charge in [-0.2, -0.15) is 0 Å². The zero-order chi connectivity index (χ0) is 16.5. The molecule has 7 nitrogen and oxygen atoms in total. The van der Waals surface area contributed by atoms with Gasteiger partial charge in [-0.05, 0) is 12.1 Å². The summed E-state index contributed by atoms with van der Waals surface area (Å²) in [6.07, 6.45) is 0. The maximum atomic E-state index is 11.4. The van der Waals surface area contributed by atoms with Crippen molar-refractivity contribution in [2.45, 2.75) is 6.92 Å². The molecule has 0 aromatic heterocycles. The van der Waals surface area contributed by atoms with Crippen molar-refractivity contribution < 1.29 is 19.0 Å². The second-order valence-electron chi connectivity index (χ2n) is 4.57. The van der Waals surface area contributed by atoms with E-state index in [1.54, 1.807) is 40.3 Å². The SMILES string of the molecule is CN=C(NCC(C)C(=O)OC)Nc1ccc(OC)c(OC)c1. The number of nitrogens with one attached hydrogen (secondary N) is 2. The summed E-state index contributed by atoms with van der Waals surface area (Å²) in [5.41, 5.74) is 0.788. The molecule has 1 aromatic rings. The summed E-state index contributed by atoms with van der Waals surface area (Å²) >= 11 is 0. The van der Waals surface area contributed by atoms with Crippen LogP contribution in [0.3, 0.4) is 0 Å². The Labute approximate surface area is 130 Å². The number of guanidine groups is 1. The zero-order valence-electron chi connectivity index (χ0n) is 13.6. The number of carbonyl (C=O) groups excluding carboxylic acids is 1. The molecule has 0 saturated heterocycles. The molecule has 0 aliphatic rings. The third-order valence-electron chi connectivity index (χ3n) is 3.05. The van der Waals surface area contributed by atoms with Gasteiger partial charge in [0, 0.05) is 25.3 Å². The molecule has 0 saturated carbocycles. The average molecular weight is 309 g/mol. The molecule has 1 unspecified atom stereocenters. The first-order chi connectivity index (χ1) is 10.5. The van der Waals surface area contributed by atoms with Gasteiger partial charge in [-0.3, -0.25) is 9.79 Å². The molecule has 0 amide bonds. The van der Waals surface area contributed by atoms with E-state index in [9.17, 15) is 4.79 Å². The summed E-state index contributed by atoms with van der Waals surface area (Å²) in [6, 6.07) is 5.44. The summed E-state index contributed by atoms with van der Waals surface area (Å²) < 4.78 is 15.1. The van der Waals surface area contributed by atoms with Crippen molar-refractivity contribution in [3.63, 3.8) is 0 Å². The summed E-state index contributed by atoms with van der Waals surface area (Å²) in [6.45, 7) is 2.20. The number of hydrogen-bond donors (Lipinski definition) is 2. The number of rotatable bonds is 6. The quantitative estimate of drug-likeness (QED) is 0.471. The molecule has 2 N–H and O–H groups in total. The highest BCUT2D eigenvalue weighted by Gasteiger charge is 2.13. The Morgan fingerprint density at radius 1 is 1.23 bits per heavy atom. The molecule has 0 bridgehead atoms. The standard InChI is InChI=1S/C15H23N3O4/c1-10(14(19)22-5)9-17-15(16-2)18-11-6-7-12(20-3)13(8-11)21-4/h6-8,10H,9H2,1-5H3,(H2,16,17,18). The van der Waals surface area contributed by atoms with Gasteiger partial charge in [0.05, 0.1) is 27.2 Å². The van der Waals surface area contributed by atoms with Crippen LogP contribution in [0.2, 0.25) is 0 Å². The number of methoxy groups -OCH3 is 3. The summed E-state index contributed by atoms with van der Waals surface area (Å²) in [7, 11) is 6.18. The zero-order valence-corrected chi connectivity index (χ0v) is 13.6. The van der Waals surface area contributed by atoms with Gasteiger partial charge in [0.15, 0.2) is 17.5 Å². The van der Waals surface area contributed by atoms with Gasteiger partial charge in [-0.25, -0.2) is 0 Å². The van der Waals surface area contributed by atoms with Crippen LogP contribution >= 0.6 is 0 Å². The summed E-state index contributed by atoms with van der Waals surface area (Å²) in [4.78, 5) is 15.5. The van der Waals surface area contributed by atoms with Crippen molar-refractivity contribution in [3.8, 4) is 11.5 Å². The molecule has 122 valence electrons. The van der Waals surface area contributed by atoms with Crippen LogP contribution in [0.15, 0.2) is 23.2 Å². The Balaban J connectivity index is 2.69. The number of carbonyl (C=O) groups is 1. The summed E-state index contributed by atoms with van der Waals surface area (Å²) in [5, 5.41) is 6.18. The van der Waals surface area contributed by atoms with Crippen LogP contribution in [0.4, 0.5) is 5.69 Å². The van der Waals surface area contributed by atoms with Crippen molar-refractivity contribution in [2.75, 3.05) is 40.2 Å². The predicted octanol–water partition coefficient (Wildman–Crippen LogP) is 1.50. The van der Waals surface area contributed by atoms with E-state index in [2.05, 4.69) is 20.4 Å². The van der Waals surface area contributed by atoms with Crippen molar-refractivity contribution in [1.82, 2.24) is 5.32 Å². The lowest BCUT2D eigenvalue weighted by molar-refractivity contribution is -0.144. The Hall–Kier alpha value is -2.44. The minimum Gasteiger partial charge on any atom is -0.493 e. The van der Waals surface area contributed by atoms with Gasteiger partial charge in [0.2, 0.25) is 0 Å². The number of nitrogens with zero attached hydrogens (tertiary/aromatic N) is 1. The lowest BCUT2D eigenvalue weighted by Crippen LogP contribution is -2.36. The van der Waals surface area contributed by atoms with Crippen molar-refractivity contribution >= 4 is 17.6 Å². The van der Waals surface area contributed by atoms with E-state index in [0.29, 0.717) is 24.0 Å². The highest BCUT2D eigenvalue weighted by molar-refractivity contribution is 5.94. The van der Waals surface area contributed by atoms with E-state index in [0.717, 1.165) is 5.69 Å². The second kappa shape index (κ2) is 8.76. The Morgan fingerprint density at radius 2 is 1.91 bits per heavy atom. The van der Waals surface area contributed by atoms with Crippen LogP contribution < -0.4 is 20.1 Å². The minimum absolute atomic E-state index is 0.269. The third-order valence-corrected chi connectivity index (χ3v) is 3.05. The lowest BCUT2D eigenvalue weighted by Gasteiger charge is -2.15. The Morgan fingerprint density at radius 3 is 2.45 bits per heavy atom. The minimum atomic E-state index is -0.269. The van der Waals surface area contributed by atoms with Gasteiger partial charge in [0.1, 0.15) is 0 Å². The molecule has 0 radical (unpaired) electrons. The Bertz CT molecular complexity index is 532. The van der Waals surface area contributed by atoms with Crippen LogP contribution in [0.5, 0.6) is 11.5 Å². The third kappa shape index (κ3) is 4.83. The molecule has 1 rings (SSSR count). The molecule has 0 aliphatic carbocycles. The topological polar surface area (TPSA) is 81.2 Å². The van der Waals surface area contributed by atoms with E-state index in [1.807, 2.05) is 6.07 Å². The molecule has 1 atom stereocenters. The highest BCUT2D eigenvalue weighted by Crippen LogP contribution is 2.29. The summed E-state index contributed by atoms with van der Waals surface area (Å²) in [5.74, 6) is 1.27. The fourth-order valence-electron chi connectivity index (χ4n) is 1.76. The second-order valence-corrected chi connectivity index (χ2v) is 4.57. The molecular formula is C15H23N3O4. The van der Waals surface area contributed by atoms with E-state index in [-0.39, 0.29) is 11.9 Å². The van der Waals surface area contributed by atoms with Crippen LogP contribution in [-0.2, 0) is 9.53 Å².